The molecule has 44 valence electrons. The van der Waals surface area contributed by atoms with Crippen LogP contribution < -0.4 is 0 Å². The maximum atomic E-state index is 9.01. The van der Waals surface area contributed by atoms with E-state index in [9.17, 15) is 0 Å². The van der Waals surface area contributed by atoms with Crippen molar-refractivity contribution in [2.24, 2.45) is 0 Å². The van der Waals surface area contributed by atoms with Gasteiger partial charge in [-0.25, -0.2) is 4.79 Å². The van der Waals surface area contributed by atoms with Gasteiger partial charge in [0.25, 0.3) is 0 Å². The van der Waals surface area contributed by atoms with E-state index in [1.54, 1.807) is 0 Å². The van der Waals surface area contributed by atoms with Crippen LogP contribution in [0, 0.1) is 0 Å². The number of hydrogen-bond acceptors (Lipinski definition) is 2. The minimum atomic E-state index is -1.48. The first kappa shape index (κ1) is 9.75. The lowest BCUT2D eigenvalue weighted by Gasteiger charge is -1.73. The monoisotopic (exact) mass is 126 g/mol. The van der Waals surface area contributed by atoms with Crippen LogP contribution in [-0.2, 0) is 4.29 Å². The van der Waals surface area contributed by atoms with Crippen molar-refractivity contribution in [2.45, 2.75) is 13.8 Å². The molecule has 0 aliphatic carbocycles. The largest absolute Gasteiger partial charge is 0.524 e. The second-order valence-electron chi connectivity index (χ2n) is 0.343. The summed E-state index contributed by atoms with van der Waals surface area (Å²) in [5.41, 5.74) is 0. The van der Waals surface area contributed by atoms with Gasteiger partial charge < -0.3 is 9.40 Å². The van der Waals surface area contributed by atoms with Crippen LogP contribution in [0.25, 0.3) is 0 Å². The molecule has 0 heterocycles. The molecule has 0 bridgehead atoms. The first-order chi connectivity index (χ1) is 3.27. The van der Waals surface area contributed by atoms with Crippen LogP contribution in [0.5, 0.6) is 0 Å². The summed E-state index contributed by atoms with van der Waals surface area (Å²) >= 11 is 4.24. The Morgan fingerprint density at radius 2 is 1.86 bits per heavy atom. The van der Waals surface area contributed by atoms with Crippen molar-refractivity contribution in [1.82, 2.24) is 0 Å². The summed E-state index contributed by atoms with van der Waals surface area (Å²) in [6, 6.07) is 0. The van der Waals surface area contributed by atoms with Crippen molar-refractivity contribution < 1.29 is 14.2 Å². The molecule has 0 atom stereocenters. The minimum Gasteiger partial charge on any atom is -0.449 e. The fourth-order valence-corrected chi connectivity index (χ4v) is 0. The van der Waals surface area contributed by atoms with Crippen molar-refractivity contribution in [2.75, 3.05) is 0 Å². The van der Waals surface area contributed by atoms with E-state index in [0.717, 1.165) is 0 Å². The van der Waals surface area contributed by atoms with Gasteiger partial charge in [-0.15, -0.1) is 0 Å². The molecule has 0 saturated carbocycles. The third-order valence-electron chi connectivity index (χ3n) is 0.0660. The summed E-state index contributed by atoms with van der Waals surface area (Å²) in [7, 11) is 0. The minimum absolute atomic E-state index is 1.48. The van der Waals surface area contributed by atoms with Gasteiger partial charge >= 0.3 is 6.16 Å². The summed E-state index contributed by atoms with van der Waals surface area (Å²) in [5.74, 6) is 0. The average Bonchev–Trinajstić information content (AvgIpc) is 1.73. The van der Waals surface area contributed by atoms with Gasteiger partial charge in [0.15, 0.2) is 0 Å². The van der Waals surface area contributed by atoms with Gasteiger partial charge in [0.05, 0.1) is 0 Å². The van der Waals surface area contributed by atoms with Crippen LogP contribution in [0.2, 0.25) is 0 Å². The molecule has 4 heteroatoms. The normalized spacial score (nSPS) is 5.57. The van der Waals surface area contributed by atoms with E-state index < -0.39 is 6.16 Å². The fourth-order valence-electron chi connectivity index (χ4n) is 0. The molecule has 0 rings (SSSR count). The van der Waals surface area contributed by atoms with Crippen LogP contribution in [0.4, 0.5) is 4.79 Å². The molecule has 0 aliphatic rings. The van der Waals surface area contributed by atoms with Crippen LogP contribution in [0.15, 0.2) is 0 Å². The lowest BCUT2D eigenvalue weighted by Crippen LogP contribution is -1.85. The van der Waals surface area contributed by atoms with E-state index in [0.29, 0.717) is 0 Å². The second-order valence-corrected chi connectivity index (χ2v) is 0.497. The van der Waals surface area contributed by atoms with Crippen molar-refractivity contribution in [3.63, 3.8) is 0 Å². The standard InChI is InChI=1S/C2H6.CHClO3/c1-2;2-5-1(3)4/h1-2H3;(H,3,4). The zero-order valence-corrected chi connectivity index (χ0v) is 4.90. The quantitative estimate of drug-likeness (QED) is 0.539. The number of carbonyl (C=O) groups is 1. The predicted molar refractivity (Wildman–Crippen MR) is 26.3 cm³/mol. The topological polar surface area (TPSA) is 46.5 Å². The Hall–Kier alpha value is -0.440. The van der Waals surface area contributed by atoms with Crippen molar-refractivity contribution >= 4 is 18.0 Å². The molecule has 1 N–H and O–H groups in total. The molecule has 0 spiro atoms. The molecule has 0 aromatic heterocycles. The maximum Gasteiger partial charge on any atom is 0.524 e. The van der Waals surface area contributed by atoms with Crippen LogP contribution >= 0.6 is 11.9 Å². The number of carboxylic acid groups (broad SMARTS) is 1. The lowest BCUT2D eigenvalue weighted by molar-refractivity contribution is 0.149. The maximum absolute atomic E-state index is 9.01. The molecule has 0 aromatic rings. The van der Waals surface area contributed by atoms with Crippen LogP contribution in [0.1, 0.15) is 13.8 Å². The summed E-state index contributed by atoms with van der Waals surface area (Å²) < 4.78 is 3.14. The Morgan fingerprint density at radius 1 is 1.71 bits per heavy atom. The van der Waals surface area contributed by atoms with Crippen molar-refractivity contribution in [3.05, 3.63) is 0 Å². The Kier molecular flexibility index (Phi) is 12.7. The molecule has 7 heavy (non-hydrogen) atoms. The SMILES string of the molecule is CC.O=C(O)OCl. The molecule has 0 saturated heterocycles. The van der Waals surface area contributed by atoms with E-state index in [1.165, 1.54) is 0 Å². The van der Waals surface area contributed by atoms with Gasteiger partial charge in [0.2, 0.25) is 0 Å². The summed E-state index contributed by atoms with van der Waals surface area (Å²) in [6.07, 6.45) is -1.48. The first-order valence-electron chi connectivity index (χ1n) is 1.79. The van der Waals surface area contributed by atoms with E-state index in [1.807, 2.05) is 13.8 Å². The van der Waals surface area contributed by atoms with Gasteiger partial charge in [-0.3, -0.25) is 0 Å². The summed E-state index contributed by atoms with van der Waals surface area (Å²) in [5, 5.41) is 7.37. The zero-order valence-electron chi connectivity index (χ0n) is 4.14. The van der Waals surface area contributed by atoms with Crippen molar-refractivity contribution in [3.8, 4) is 0 Å². The predicted octanol–water partition coefficient (Wildman–Crippen LogP) is 1.86. The molecule has 0 radical (unpaired) electrons. The number of hydrogen-bond donors (Lipinski definition) is 1. The highest BCUT2D eigenvalue weighted by Gasteiger charge is 1.84. The summed E-state index contributed by atoms with van der Waals surface area (Å²) in [4.78, 5) is 9.01. The van der Waals surface area contributed by atoms with Gasteiger partial charge in [-0.1, -0.05) is 13.8 Å². The molecule has 3 nitrogen and oxygen atoms in total. The molecule has 0 amide bonds. The van der Waals surface area contributed by atoms with E-state index in [-0.39, 0.29) is 0 Å². The molecule has 0 unspecified atom stereocenters. The highest BCUT2D eigenvalue weighted by Crippen LogP contribution is 1.75. The van der Waals surface area contributed by atoms with E-state index >= 15 is 0 Å². The third kappa shape index (κ3) is 29.0. The number of halogens is 1. The van der Waals surface area contributed by atoms with Crippen LogP contribution in [-0.4, -0.2) is 11.3 Å². The molecule has 0 aliphatic heterocycles. The Balaban J connectivity index is 0. The van der Waals surface area contributed by atoms with Gasteiger partial charge in [0.1, 0.15) is 11.9 Å². The van der Waals surface area contributed by atoms with Gasteiger partial charge in [-0.05, 0) is 0 Å². The molecular weight excluding hydrogens is 119 g/mol. The van der Waals surface area contributed by atoms with Gasteiger partial charge in [0, 0.05) is 0 Å². The Labute approximate surface area is 47.0 Å². The van der Waals surface area contributed by atoms with E-state index in [2.05, 4.69) is 16.2 Å². The van der Waals surface area contributed by atoms with Gasteiger partial charge in [-0.2, -0.15) is 0 Å². The molecule has 0 fully saturated rings. The molecule has 0 aromatic carbocycles. The molecular formula is C3H7ClO3. The smallest absolute Gasteiger partial charge is 0.449 e. The third-order valence-corrected chi connectivity index (χ3v) is 0.198. The highest BCUT2D eigenvalue weighted by molar-refractivity contribution is 6.12. The first-order valence-corrected chi connectivity index (χ1v) is 2.09. The number of rotatable bonds is 0. The fraction of sp³-hybridized carbons (Fsp3) is 0.667. The van der Waals surface area contributed by atoms with Crippen LogP contribution in [0.3, 0.4) is 0 Å². The van der Waals surface area contributed by atoms with E-state index in [4.69, 9.17) is 9.90 Å². The Morgan fingerprint density at radius 3 is 1.86 bits per heavy atom. The lowest BCUT2D eigenvalue weighted by atomic mass is 11.0. The Bertz CT molecular complexity index is 45.4. The van der Waals surface area contributed by atoms with Crippen molar-refractivity contribution in [1.29, 1.82) is 0 Å². The average molecular weight is 127 g/mol. The zero-order chi connectivity index (χ0) is 6.28. The highest BCUT2D eigenvalue weighted by atomic mass is 35.5. The summed E-state index contributed by atoms with van der Waals surface area (Å²) in [6.45, 7) is 4.00. The second kappa shape index (κ2) is 9.12.